The monoisotopic (exact) mass is 444 g/mol. The molecular formula is C18H29IN4O. The SMILES string of the molecule is CCNC(=NCc1ccc(N2CCOCC2)cc1)NCC1CC1.I. The van der Waals surface area contributed by atoms with E-state index in [9.17, 15) is 0 Å². The van der Waals surface area contributed by atoms with Crippen LogP contribution in [0.3, 0.4) is 0 Å². The smallest absolute Gasteiger partial charge is 0.191 e. The third-order valence-electron chi connectivity index (χ3n) is 4.33. The molecule has 0 amide bonds. The van der Waals surface area contributed by atoms with Gasteiger partial charge in [-0.3, -0.25) is 0 Å². The Labute approximate surface area is 162 Å². The lowest BCUT2D eigenvalue weighted by molar-refractivity contribution is 0.122. The van der Waals surface area contributed by atoms with Gasteiger partial charge in [-0.1, -0.05) is 12.1 Å². The highest BCUT2D eigenvalue weighted by Gasteiger charge is 2.21. The summed E-state index contributed by atoms with van der Waals surface area (Å²) in [5, 5.41) is 6.75. The van der Waals surface area contributed by atoms with Crippen molar-refractivity contribution in [3.8, 4) is 0 Å². The van der Waals surface area contributed by atoms with E-state index in [0.717, 1.165) is 51.3 Å². The van der Waals surface area contributed by atoms with E-state index < -0.39 is 0 Å². The lowest BCUT2D eigenvalue weighted by Gasteiger charge is -2.28. The van der Waals surface area contributed by atoms with Crippen LogP contribution in [-0.4, -0.2) is 45.4 Å². The number of hydrogen-bond acceptors (Lipinski definition) is 3. The molecule has 1 aliphatic carbocycles. The number of hydrogen-bond donors (Lipinski definition) is 2. The van der Waals surface area contributed by atoms with E-state index in [0.29, 0.717) is 6.54 Å². The molecule has 1 saturated carbocycles. The zero-order chi connectivity index (χ0) is 15.9. The van der Waals surface area contributed by atoms with Crippen LogP contribution in [0.15, 0.2) is 29.3 Å². The Hall–Kier alpha value is -1.02. The van der Waals surface area contributed by atoms with Crippen molar-refractivity contribution < 1.29 is 4.74 Å². The fourth-order valence-electron chi connectivity index (χ4n) is 2.71. The molecule has 134 valence electrons. The fourth-order valence-corrected chi connectivity index (χ4v) is 2.71. The average Bonchev–Trinajstić information content (AvgIpc) is 3.43. The van der Waals surface area contributed by atoms with Gasteiger partial charge in [-0.15, -0.1) is 24.0 Å². The maximum absolute atomic E-state index is 5.40. The maximum Gasteiger partial charge on any atom is 0.191 e. The highest BCUT2D eigenvalue weighted by Crippen LogP contribution is 2.27. The first-order chi connectivity index (χ1) is 11.3. The molecule has 1 heterocycles. The normalized spacial score (nSPS) is 18.0. The standard InChI is InChI=1S/C18H28N4O.HI/c1-2-19-18(20-13-15-3-4-15)21-14-16-5-7-17(8-6-16)22-9-11-23-12-10-22;/h5-8,15H,2-4,9-14H2,1H3,(H2,19,20,21);1H. The summed E-state index contributed by atoms with van der Waals surface area (Å²) in [5.74, 6) is 1.78. The molecule has 2 N–H and O–H groups in total. The summed E-state index contributed by atoms with van der Waals surface area (Å²) < 4.78 is 5.40. The van der Waals surface area contributed by atoms with E-state index in [1.165, 1.54) is 24.1 Å². The molecule has 5 nitrogen and oxygen atoms in total. The Morgan fingerprint density at radius 3 is 2.50 bits per heavy atom. The van der Waals surface area contributed by atoms with Crippen LogP contribution in [0.2, 0.25) is 0 Å². The van der Waals surface area contributed by atoms with Crippen molar-refractivity contribution in [1.82, 2.24) is 10.6 Å². The van der Waals surface area contributed by atoms with Crippen molar-refractivity contribution >= 4 is 35.6 Å². The second-order valence-corrected chi connectivity index (χ2v) is 6.29. The number of nitrogens with zero attached hydrogens (tertiary/aromatic N) is 2. The van der Waals surface area contributed by atoms with Crippen LogP contribution in [0.4, 0.5) is 5.69 Å². The average molecular weight is 444 g/mol. The topological polar surface area (TPSA) is 48.9 Å². The van der Waals surface area contributed by atoms with Crippen molar-refractivity contribution in [2.75, 3.05) is 44.3 Å². The number of halogens is 1. The van der Waals surface area contributed by atoms with E-state index in [1.54, 1.807) is 0 Å². The second-order valence-electron chi connectivity index (χ2n) is 6.29. The number of anilines is 1. The second kappa shape index (κ2) is 10.1. The highest BCUT2D eigenvalue weighted by atomic mass is 127. The van der Waals surface area contributed by atoms with Crippen LogP contribution in [0.25, 0.3) is 0 Å². The first-order valence-corrected chi connectivity index (χ1v) is 8.79. The summed E-state index contributed by atoms with van der Waals surface area (Å²) in [6.45, 7) is 8.36. The number of aliphatic imine (C=N–C) groups is 1. The summed E-state index contributed by atoms with van der Waals surface area (Å²) in [6, 6.07) is 8.75. The predicted molar refractivity (Wildman–Crippen MR) is 110 cm³/mol. The van der Waals surface area contributed by atoms with Crippen molar-refractivity contribution in [1.29, 1.82) is 0 Å². The van der Waals surface area contributed by atoms with E-state index in [-0.39, 0.29) is 24.0 Å². The molecule has 1 aromatic rings. The third-order valence-corrected chi connectivity index (χ3v) is 4.33. The number of morpholine rings is 1. The van der Waals surface area contributed by atoms with Crippen LogP contribution in [-0.2, 0) is 11.3 Å². The van der Waals surface area contributed by atoms with Gasteiger partial charge in [0.2, 0.25) is 0 Å². The quantitative estimate of drug-likeness (QED) is 0.403. The lowest BCUT2D eigenvalue weighted by Crippen LogP contribution is -2.38. The molecule has 1 saturated heterocycles. The highest BCUT2D eigenvalue weighted by molar-refractivity contribution is 14.0. The number of benzene rings is 1. The molecule has 24 heavy (non-hydrogen) atoms. The van der Waals surface area contributed by atoms with Gasteiger partial charge in [-0.25, -0.2) is 4.99 Å². The minimum atomic E-state index is 0. The van der Waals surface area contributed by atoms with E-state index in [1.807, 2.05) is 0 Å². The Bertz CT molecular complexity index is 510. The summed E-state index contributed by atoms with van der Waals surface area (Å²) in [5.41, 5.74) is 2.52. The molecule has 0 aromatic heterocycles. The fraction of sp³-hybridized carbons (Fsp3) is 0.611. The maximum atomic E-state index is 5.40. The Balaban J connectivity index is 0.00000208. The van der Waals surface area contributed by atoms with Crippen molar-refractivity contribution in [3.63, 3.8) is 0 Å². The van der Waals surface area contributed by atoms with E-state index >= 15 is 0 Å². The van der Waals surface area contributed by atoms with Gasteiger partial charge < -0.3 is 20.3 Å². The molecule has 0 atom stereocenters. The number of rotatable bonds is 6. The van der Waals surface area contributed by atoms with Gasteiger partial charge in [0.1, 0.15) is 0 Å². The lowest BCUT2D eigenvalue weighted by atomic mass is 10.2. The first-order valence-electron chi connectivity index (χ1n) is 8.79. The molecule has 2 fully saturated rings. The van der Waals surface area contributed by atoms with Gasteiger partial charge in [0.15, 0.2) is 5.96 Å². The molecule has 3 rings (SSSR count). The summed E-state index contributed by atoms with van der Waals surface area (Å²) in [4.78, 5) is 7.06. The number of nitrogens with one attached hydrogen (secondary N) is 2. The van der Waals surface area contributed by atoms with E-state index in [2.05, 4.69) is 51.7 Å². The van der Waals surface area contributed by atoms with Crippen molar-refractivity contribution in [2.45, 2.75) is 26.3 Å². The largest absolute Gasteiger partial charge is 0.378 e. The van der Waals surface area contributed by atoms with Crippen LogP contribution >= 0.6 is 24.0 Å². The minimum absolute atomic E-state index is 0. The molecule has 0 radical (unpaired) electrons. The molecule has 2 aliphatic rings. The molecule has 6 heteroatoms. The summed E-state index contributed by atoms with van der Waals surface area (Å²) in [7, 11) is 0. The minimum Gasteiger partial charge on any atom is -0.378 e. The Morgan fingerprint density at radius 1 is 1.17 bits per heavy atom. The predicted octanol–water partition coefficient (Wildman–Crippen LogP) is 2.61. The number of ether oxygens (including phenoxy) is 1. The van der Waals surface area contributed by atoms with E-state index in [4.69, 9.17) is 4.74 Å². The van der Waals surface area contributed by atoms with Gasteiger partial charge in [-0.2, -0.15) is 0 Å². The Kier molecular flexibility index (Phi) is 8.11. The molecule has 0 bridgehead atoms. The summed E-state index contributed by atoms with van der Waals surface area (Å²) in [6.07, 6.45) is 2.71. The van der Waals surface area contributed by atoms with Crippen LogP contribution in [0, 0.1) is 5.92 Å². The molecular weight excluding hydrogens is 415 g/mol. The van der Waals surface area contributed by atoms with Crippen LogP contribution in [0.5, 0.6) is 0 Å². The van der Waals surface area contributed by atoms with Gasteiger partial charge in [0, 0.05) is 31.9 Å². The molecule has 1 aromatic carbocycles. The molecule has 0 unspecified atom stereocenters. The zero-order valence-electron chi connectivity index (χ0n) is 14.5. The van der Waals surface area contributed by atoms with Crippen molar-refractivity contribution in [3.05, 3.63) is 29.8 Å². The summed E-state index contributed by atoms with van der Waals surface area (Å²) >= 11 is 0. The van der Waals surface area contributed by atoms with Crippen LogP contribution in [0.1, 0.15) is 25.3 Å². The van der Waals surface area contributed by atoms with Gasteiger partial charge >= 0.3 is 0 Å². The third kappa shape index (κ3) is 6.12. The van der Waals surface area contributed by atoms with Gasteiger partial charge in [-0.05, 0) is 43.4 Å². The van der Waals surface area contributed by atoms with Crippen molar-refractivity contribution in [2.24, 2.45) is 10.9 Å². The van der Waals surface area contributed by atoms with Gasteiger partial charge in [0.05, 0.1) is 19.8 Å². The van der Waals surface area contributed by atoms with Crippen LogP contribution < -0.4 is 15.5 Å². The number of guanidine groups is 1. The van der Waals surface area contributed by atoms with Gasteiger partial charge in [0.25, 0.3) is 0 Å². The molecule has 0 spiro atoms. The zero-order valence-corrected chi connectivity index (χ0v) is 16.8. The Morgan fingerprint density at radius 2 is 1.88 bits per heavy atom. The molecule has 1 aliphatic heterocycles. The first kappa shape index (κ1) is 19.3.